The van der Waals surface area contributed by atoms with Crippen molar-refractivity contribution in [3.05, 3.63) is 51.6 Å². The molecule has 19 heavy (non-hydrogen) atoms. The summed E-state index contributed by atoms with van der Waals surface area (Å²) >= 11 is 1.37. The molecule has 0 bridgehead atoms. The maximum atomic E-state index is 10.8. The number of hydrogen-bond acceptors (Lipinski definition) is 5. The summed E-state index contributed by atoms with van der Waals surface area (Å²) in [4.78, 5) is 15.4. The number of nitrogens with zero attached hydrogens (tertiary/aromatic N) is 2. The normalized spacial score (nSPS) is 10.4. The molecule has 1 aromatic carbocycles. The molecule has 0 unspecified atom stereocenters. The van der Waals surface area contributed by atoms with Crippen molar-refractivity contribution in [2.24, 2.45) is 0 Å². The van der Waals surface area contributed by atoms with Gasteiger partial charge in [0.2, 0.25) is 0 Å². The first-order valence-electron chi connectivity index (χ1n) is 5.63. The van der Waals surface area contributed by atoms with E-state index in [4.69, 9.17) is 5.73 Å². The molecular formula is C13H13N3O2S. The first-order chi connectivity index (χ1) is 8.95. The second kappa shape index (κ2) is 5.27. The number of anilines is 1. The number of nitro groups is 1. The average molecular weight is 275 g/mol. The third-order valence-electron chi connectivity index (χ3n) is 2.56. The summed E-state index contributed by atoms with van der Waals surface area (Å²) in [5, 5.41) is 11.3. The van der Waals surface area contributed by atoms with Gasteiger partial charge in [-0.1, -0.05) is 29.5 Å². The maximum absolute atomic E-state index is 10.8. The minimum atomic E-state index is -0.468. The fraction of sp³-hybridized carbons (Fsp3) is 0.154. The van der Waals surface area contributed by atoms with Crippen molar-refractivity contribution < 1.29 is 4.92 Å². The van der Waals surface area contributed by atoms with Crippen molar-refractivity contribution in [1.82, 2.24) is 4.98 Å². The Bertz CT molecular complexity index is 644. The van der Waals surface area contributed by atoms with Crippen LogP contribution in [-0.2, 0) is 0 Å². The van der Waals surface area contributed by atoms with Crippen LogP contribution in [0.25, 0.3) is 0 Å². The van der Waals surface area contributed by atoms with E-state index in [9.17, 15) is 10.1 Å². The van der Waals surface area contributed by atoms with Crippen molar-refractivity contribution >= 4 is 23.3 Å². The minimum absolute atomic E-state index is 0.0419. The van der Waals surface area contributed by atoms with Crippen molar-refractivity contribution in [3.63, 3.8) is 0 Å². The molecule has 6 heteroatoms. The molecular weight excluding hydrogens is 262 g/mol. The second-order valence-electron chi connectivity index (χ2n) is 4.22. The van der Waals surface area contributed by atoms with E-state index in [1.165, 1.54) is 29.5 Å². The lowest BCUT2D eigenvalue weighted by Gasteiger charge is -2.06. The summed E-state index contributed by atoms with van der Waals surface area (Å²) in [6, 6.07) is 8.72. The van der Waals surface area contributed by atoms with E-state index < -0.39 is 4.92 Å². The number of hydrogen-bond donors (Lipinski definition) is 1. The molecule has 2 rings (SSSR count). The Kier molecular flexibility index (Phi) is 3.71. The lowest BCUT2D eigenvalue weighted by molar-refractivity contribution is -0.385. The van der Waals surface area contributed by atoms with Crippen LogP contribution >= 0.6 is 11.8 Å². The van der Waals surface area contributed by atoms with E-state index >= 15 is 0 Å². The maximum Gasteiger partial charge on any atom is 0.275 e. The van der Waals surface area contributed by atoms with Gasteiger partial charge in [0, 0.05) is 11.0 Å². The molecule has 1 heterocycles. The molecule has 0 amide bonds. The van der Waals surface area contributed by atoms with E-state index in [2.05, 4.69) is 11.1 Å². The van der Waals surface area contributed by atoms with Crippen LogP contribution in [0, 0.1) is 24.0 Å². The van der Waals surface area contributed by atoms with E-state index in [1.807, 2.05) is 26.0 Å². The Balaban J connectivity index is 2.35. The highest BCUT2D eigenvalue weighted by molar-refractivity contribution is 7.99. The zero-order chi connectivity index (χ0) is 14.0. The molecule has 0 aliphatic rings. The molecule has 0 spiro atoms. The number of nitrogen functional groups attached to an aromatic ring is 1. The number of aryl methyl sites for hydroxylation is 2. The summed E-state index contributed by atoms with van der Waals surface area (Å²) in [6.45, 7) is 4.01. The van der Waals surface area contributed by atoms with Gasteiger partial charge in [-0.05, 0) is 25.5 Å². The highest BCUT2D eigenvalue weighted by atomic mass is 32.2. The van der Waals surface area contributed by atoms with E-state index in [0.29, 0.717) is 5.03 Å². The van der Waals surface area contributed by atoms with Crippen LogP contribution in [0.3, 0.4) is 0 Å². The van der Waals surface area contributed by atoms with Gasteiger partial charge in [-0.2, -0.15) is 0 Å². The molecule has 5 nitrogen and oxygen atoms in total. The fourth-order valence-electron chi connectivity index (χ4n) is 1.70. The van der Waals surface area contributed by atoms with E-state index in [-0.39, 0.29) is 11.5 Å². The molecule has 0 radical (unpaired) electrons. The van der Waals surface area contributed by atoms with Gasteiger partial charge in [-0.15, -0.1) is 0 Å². The Labute approximate surface area is 115 Å². The quantitative estimate of drug-likeness (QED) is 0.686. The molecule has 0 saturated heterocycles. The van der Waals surface area contributed by atoms with Gasteiger partial charge >= 0.3 is 0 Å². The third kappa shape index (κ3) is 3.23. The summed E-state index contributed by atoms with van der Waals surface area (Å²) in [7, 11) is 0. The minimum Gasteiger partial charge on any atom is -0.383 e. The molecule has 0 fully saturated rings. The van der Waals surface area contributed by atoms with Gasteiger partial charge in [0.1, 0.15) is 10.8 Å². The lowest BCUT2D eigenvalue weighted by Crippen LogP contribution is -1.96. The number of aromatic nitrogens is 1. The predicted octanol–water partition coefficient (Wildman–Crippen LogP) is 3.34. The Morgan fingerprint density at radius 2 is 2.00 bits per heavy atom. The molecule has 0 aliphatic carbocycles. The standard InChI is InChI=1S/C13H13N3O2S/c1-8-3-4-11(9(2)5-8)19-13-7-10(16(17)18)6-12(14)15-13/h3-7H,1-2H3,(H2,14,15). The average Bonchev–Trinajstić information content (AvgIpc) is 2.32. The highest BCUT2D eigenvalue weighted by Crippen LogP contribution is 2.32. The summed E-state index contributed by atoms with van der Waals surface area (Å²) in [5.74, 6) is 0.154. The Hall–Kier alpha value is -2.08. The summed E-state index contributed by atoms with van der Waals surface area (Å²) in [5.41, 5.74) is 7.82. The molecule has 0 saturated carbocycles. The topological polar surface area (TPSA) is 82.0 Å². The monoisotopic (exact) mass is 275 g/mol. The van der Waals surface area contributed by atoms with E-state index in [1.54, 1.807) is 0 Å². The molecule has 2 N–H and O–H groups in total. The lowest BCUT2D eigenvalue weighted by atomic mass is 10.2. The number of nitrogens with two attached hydrogens (primary N) is 1. The molecule has 1 aromatic heterocycles. The van der Waals surface area contributed by atoms with Crippen LogP contribution in [0.15, 0.2) is 40.3 Å². The van der Waals surface area contributed by atoms with E-state index in [0.717, 1.165) is 10.5 Å². The zero-order valence-corrected chi connectivity index (χ0v) is 11.4. The van der Waals surface area contributed by atoms with Crippen molar-refractivity contribution in [1.29, 1.82) is 0 Å². The van der Waals surface area contributed by atoms with Crippen LogP contribution in [0.2, 0.25) is 0 Å². The Morgan fingerprint density at radius 3 is 2.63 bits per heavy atom. The molecule has 98 valence electrons. The predicted molar refractivity (Wildman–Crippen MR) is 75.3 cm³/mol. The number of rotatable bonds is 3. The number of benzene rings is 1. The van der Waals surface area contributed by atoms with Gasteiger partial charge in [0.25, 0.3) is 5.69 Å². The van der Waals surface area contributed by atoms with Gasteiger partial charge < -0.3 is 5.73 Å². The van der Waals surface area contributed by atoms with Crippen LogP contribution in [0.1, 0.15) is 11.1 Å². The molecule has 0 atom stereocenters. The Morgan fingerprint density at radius 1 is 1.26 bits per heavy atom. The van der Waals surface area contributed by atoms with Crippen molar-refractivity contribution in [3.8, 4) is 0 Å². The van der Waals surface area contributed by atoms with Crippen molar-refractivity contribution in [2.75, 3.05) is 5.73 Å². The third-order valence-corrected chi connectivity index (χ3v) is 3.66. The van der Waals surface area contributed by atoms with Gasteiger partial charge in [0.15, 0.2) is 0 Å². The highest BCUT2D eigenvalue weighted by Gasteiger charge is 2.11. The zero-order valence-electron chi connectivity index (χ0n) is 10.6. The second-order valence-corrected chi connectivity index (χ2v) is 5.28. The van der Waals surface area contributed by atoms with Gasteiger partial charge in [-0.25, -0.2) is 4.98 Å². The fourth-order valence-corrected chi connectivity index (χ4v) is 2.61. The molecule has 2 aromatic rings. The van der Waals surface area contributed by atoms with Crippen LogP contribution < -0.4 is 5.73 Å². The van der Waals surface area contributed by atoms with Gasteiger partial charge in [-0.3, -0.25) is 10.1 Å². The van der Waals surface area contributed by atoms with Crippen LogP contribution in [-0.4, -0.2) is 9.91 Å². The SMILES string of the molecule is Cc1ccc(Sc2cc([N+](=O)[O-])cc(N)n2)c(C)c1. The smallest absolute Gasteiger partial charge is 0.275 e. The van der Waals surface area contributed by atoms with Crippen LogP contribution in [0.5, 0.6) is 0 Å². The van der Waals surface area contributed by atoms with Gasteiger partial charge in [0.05, 0.1) is 11.0 Å². The van der Waals surface area contributed by atoms with Crippen molar-refractivity contribution in [2.45, 2.75) is 23.8 Å². The summed E-state index contributed by atoms with van der Waals surface area (Å²) < 4.78 is 0. The first-order valence-corrected chi connectivity index (χ1v) is 6.44. The van der Waals surface area contributed by atoms with Crippen LogP contribution in [0.4, 0.5) is 11.5 Å². The number of pyridine rings is 1. The largest absolute Gasteiger partial charge is 0.383 e. The first kappa shape index (κ1) is 13.4. The molecule has 0 aliphatic heterocycles. The summed E-state index contributed by atoms with van der Waals surface area (Å²) in [6.07, 6.45) is 0.